The number of ether oxygens (including phenoxy) is 1. The summed E-state index contributed by atoms with van der Waals surface area (Å²) in [6.07, 6.45) is 27.8. The van der Waals surface area contributed by atoms with Gasteiger partial charge in [-0.3, -0.25) is 0 Å². The molecule has 302 valence electrons. The maximum absolute atomic E-state index is 7.10. The Bertz CT molecular complexity index is 2580. The van der Waals surface area contributed by atoms with Crippen LogP contribution in [0.15, 0.2) is 179 Å². The molecule has 5 bridgehead atoms. The highest BCUT2D eigenvalue weighted by atomic mass is 32.2. The van der Waals surface area contributed by atoms with Gasteiger partial charge < -0.3 is 14.5 Å². The number of aryl methyl sites for hydroxylation is 2. The van der Waals surface area contributed by atoms with Crippen molar-refractivity contribution in [1.29, 1.82) is 0 Å². The van der Waals surface area contributed by atoms with Crippen LogP contribution in [0.3, 0.4) is 0 Å². The fraction of sp³-hybridized carbons (Fsp3) is 0.286. The molecule has 4 heteroatoms. The van der Waals surface area contributed by atoms with Crippen LogP contribution in [0.25, 0.3) is 10.8 Å². The minimum absolute atomic E-state index is 0.0206. The Morgan fingerprint density at radius 2 is 1.65 bits per heavy atom. The zero-order valence-corrected chi connectivity index (χ0v) is 36.1. The third kappa shape index (κ3) is 7.27. The molecule has 0 saturated carbocycles. The lowest BCUT2D eigenvalue weighted by Gasteiger charge is -2.43. The Balaban J connectivity index is 1.27. The minimum Gasteiger partial charge on any atom is -0.478 e. The van der Waals surface area contributed by atoms with Gasteiger partial charge in [-0.1, -0.05) is 159 Å². The van der Waals surface area contributed by atoms with Crippen LogP contribution in [0.2, 0.25) is 0 Å². The van der Waals surface area contributed by atoms with E-state index < -0.39 is 0 Å². The smallest absolute Gasteiger partial charge is 0.171 e. The van der Waals surface area contributed by atoms with Crippen molar-refractivity contribution in [2.45, 2.75) is 101 Å². The highest BCUT2D eigenvalue weighted by Crippen LogP contribution is 2.55. The zero-order chi connectivity index (χ0) is 40.6. The molecule has 0 amide bonds. The molecule has 60 heavy (non-hydrogen) atoms. The highest BCUT2D eigenvalue weighted by Gasteiger charge is 2.39. The summed E-state index contributed by atoms with van der Waals surface area (Å²) in [7, 11) is 0. The monoisotopic (exact) mass is 804 g/mol. The largest absolute Gasteiger partial charge is 0.478 e. The lowest BCUT2D eigenvalue weighted by molar-refractivity contribution is 0.127. The second-order valence-electron chi connectivity index (χ2n) is 17.4. The number of fused-ring (bicyclic) bond motifs is 9. The van der Waals surface area contributed by atoms with Crippen LogP contribution in [0.5, 0.6) is 0 Å². The summed E-state index contributed by atoms with van der Waals surface area (Å²) in [5.41, 5.74) is 13.9. The molecule has 5 aromatic rings. The van der Waals surface area contributed by atoms with Crippen LogP contribution in [-0.4, -0.2) is 18.8 Å². The van der Waals surface area contributed by atoms with E-state index in [2.05, 4.69) is 182 Å². The third-order valence-corrected chi connectivity index (χ3v) is 14.8. The van der Waals surface area contributed by atoms with Crippen LogP contribution in [0.1, 0.15) is 97.9 Å². The summed E-state index contributed by atoms with van der Waals surface area (Å²) in [6, 6.07) is 39.1. The normalized spacial score (nSPS) is 21.6. The van der Waals surface area contributed by atoms with Crippen molar-refractivity contribution in [1.82, 2.24) is 0 Å². The van der Waals surface area contributed by atoms with Crippen LogP contribution in [0, 0.1) is 6.92 Å². The van der Waals surface area contributed by atoms with E-state index in [1.54, 1.807) is 5.57 Å². The topological polar surface area (TPSA) is 15.7 Å². The third-order valence-electron chi connectivity index (χ3n) is 13.7. The fourth-order valence-corrected chi connectivity index (χ4v) is 11.8. The molecule has 3 aliphatic heterocycles. The van der Waals surface area contributed by atoms with Gasteiger partial charge in [0.1, 0.15) is 0 Å². The quantitative estimate of drug-likeness (QED) is 0.155. The molecule has 0 radical (unpaired) electrons. The molecular formula is C56H56N2OS. The first-order chi connectivity index (χ1) is 29.6. The number of thioether (sulfide) groups is 1. The molecule has 10 rings (SSSR count). The second-order valence-corrected chi connectivity index (χ2v) is 18.5. The summed E-state index contributed by atoms with van der Waals surface area (Å²) in [6.45, 7) is 7.88. The van der Waals surface area contributed by atoms with Crippen LogP contribution >= 0.6 is 11.8 Å². The summed E-state index contributed by atoms with van der Waals surface area (Å²) < 4.78 is 7.10. The van der Waals surface area contributed by atoms with Gasteiger partial charge in [0, 0.05) is 34.4 Å². The molecule has 3 heterocycles. The van der Waals surface area contributed by atoms with Crippen LogP contribution in [-0.2, 0) is 11.2 Å². The van der Waals surface area contributed by atoms with E-state index >= 15 is 0 Å². The van der Waals surface area contributed by atoms with Crippen molar-refractivity contribution >= 4 is 39.6 Å². The Kier molecular flexibility index (Phi) is 10.9. The number of rotatable bonds is 8. The Morgan fingerprint density at radius 3 is 2.48 bits per heavy atom. The summed E-state index contributed by atoms with van der Waals surface area (Å²) in [5, 5.41) is 2.72. The van der Waals surface area contributed by atoms with Crippen molar-refractivity contribution in [3.05, 3.63) is 202 Å². The van der Waals surface area contributed by atoms with E-state index in [1.807, 2.05) is 18.0 Å². The molecule has 5 atom stereocenters. The zero-order valence-electron chi connectivity index (χ0n) is 35.3. The molecule has 0 fully saturated rings. The molecule has 5 unspecified atom stereocenters. The summed E-state index contributed by atoms with van der Waals surface area (Å²) >= 11 is 1.93. The van der Waals surface area contributed by atoms with E-state index in [4.69, 9.17) is 4.74 Å². The second kappa shape index (κ2) is 16.9. The molecule has 3 nitrogen and oxygen atoms in total. The Morgan fingerprint density at radius 1 is 0.817 bits per heavy atom. The molecule has 0 N–H and O–H groups in total. The summed E-state index contributed by atoms with van der Waals surface area (Å²) in [5.74, 6) is 0.840. The van der Waals surface area contributed by atoms with E-state index in [0.29, 0.717) is 5.92 Å². The lowest BCUT2D eigenvalue weighted by atomic mass is 9.81. The van der Waals surface area contributed by atoms with Gasteiger partial charge in [-0.15, -0.1) is 0 Å². The number of anilines is 3. The SMILES string of the molecule is CCCc1c(N2c3c(ccc4c3N(CC(c3ccccc3)C(C)c3ccccc3)C3CCC5=C(C=CCCC4C5)C=CO3)SC3=CC2C=CC=C3)ccc2cccc(C)c12. The number of hydrogen-bond acceptors (Lipinski definition) is 4. The van der Waals surface area contributed by atoms with E-state index in [-0.39, 0.29) is 24.1 Å². The van der Waals surface area contributed by atoms with Gasteiger partial charge in [0.25, 0.3) is 0 Å². The van der Waals surface area contributed by atoms with Crippen LogP contribution < -0.4 is 9.80 Å². The molecule has 0 saturated heterocycles. The Hall–Kier alpha value is -5.45. The molecule has 0 aromatic heterocycles. The molecule has 5 aliphatic rings. The predicted octanol–water partition coefficient (Wildman–Crippen LogP) is 14.9. The molecule has 0 spiro atoms. The Labute approximate surface area is 361 Å². The predicted molar refractivity (Wildman–Crippen MR) is 255 cm³/mol. The summed E-state index contributed by atoms with van der Waals surface area (Å²) in [4.78, 5) is 8.10. The molecule has 2 aliphatic carbocycles. The standard InChI is InChI=1S/C56H56N2OS/c1-4-16-49-51(30-27-43-24-15-17-38(2)54(43)49)58-46-25-13-14-26-47(36-46)60-52-31-29-48-45-23-12-11-20-41-33-34-59-53(32-28-44(41)35-45)57(55(48)56(52)58)37-50(42-21-9-6-10-22-42)39(3)40-18-7-5-8-19-40/h5-11,13-15,17-22,24-27,29-31,33-34,36,39,45-46,50,53H,4,12,16,23,28,32,35,37H2,1-3H3. The number of allylic oxidation sites excluding steroid dienone is 8. The van der Waals surface area contributed by atoms with Crippen LogP contribution in [0.4, 0.5) is 17.1 Å². The van der Waals surface area contributed by atoms with E-state index in [9.17, 15) is 0 Å². The number of nitrogens with zero attached hydrogens (tertiary/aromatic N) is 2. The van der Waals surface area contributed by atoms with Gasteiger partial charge in [0.15, 0.2) is 6.23 Å². The first-order valence-corrected chi connectivity index (χ1v) is 23.2. The first kappa shape index (κ1) is 38.7. The maximum atomic E-state index is 7.10. The highest BCUT2D eigenvalue weighted by molar-refractivity contribution is 8.03. The molecule has 5 aromatic carbocycles. The average molecular weight is 805 g/mol. The first-order valence-electron chi connectivity index (χ1n) is 22.3. The minimum atomic E-state index is -0.154. The van der Waals surface area contributed by atoms with E-state index in [0.717, 1.165) is 51.5 Å². The van der Waals surface area contributed by atoms with Crippen molar-refractivity contribution in [2.24, 2.45) is 0 Å². The van der Waals surface area contributed by atoms with Gasteiger partial charge in [-0.05, 0) is 125 Å². The van der Waals surface area contributed by atoms with Crippen molar-refractivity contribution in [3.63, 3.8) is 0 Å². The van der Waals surface area contributed by atoms with Gasteiger partial charge in [-0.25, -0.2) is 0 Å². The van der Waals surface area contributed by atoms with E-state index in [1.165, 1.54) is 71.0 Å². The number of benzene rings is 5. The van der Waals surface area contributed by atoms with Crippen molar-refractivity contribution in [2.75, 3.05) is 16.3 Å². The maximum Gasteiger partial charge on any atom is 0.171 e. The van der Waals surface area contributed by atoms with Gasteiger partial charge >= 0.3 is 0 Å². The van der Waals surface area contributed by atoms with Gasteiger partial charge in [-0.2, -0.15) is 0 Å². The molecular weight excluding hydrogens is 749 g/mol. The number of hydrogen-bond donors (Lipinski definition) is 0. The van der Waals surface area contributed by atoms with Gasteiger partial charge in [0.05, 0.1) is 23.7 Å². The van der Waals surface area contributed by atoms with Gasteiger partial charge in [0.2, 0.25) is 0 Å². The fourth-order valence-electron chi connectivity index (χ4n) is 10.7. The van der Waals surface area contributed by atoms with Crippen molar-refractivity contribution < 1.29 is 4.74 Å². The lowest BCUT2D eigenvalue weighted by Crippen LogP contribution is -2.42. The average Bonchev–Trinajstić information content (AvgIpc) is 3.56. The van der Waals surface area contributed by atoms with Crippen molar-refractivity contribution in [3.8, 4) is 0 Å².